The number of hydrogen-bond donors (Lipinski definition) is 2. The van der Waals surface area contributed by atoms with E-state index in [4.69, 9.17) is 5.73 Å². The van der Waals surface area contributed by atoms with E-state index in [1.165, 1.54) is 0 Å². The third-order valence-electron chi connectivity index (χ3n) is 2.54. The molecule has 4 nitrogen and oxygen atoms in total. The van der Waals surface area contributed by atoms with Crippen molar-refractivity contribution in [3.05, 3.63) is 29.5 Å². The zero-order valence-electron chi connectivity index (χ0n) is 8.58. The molecule has 4 heteroatoms. The van der Waals surface area contributed by atoms with Gasteiger partial charge in [0.15, 0.2) is 0 Å². The lowest BCUT2D eigenvalue weighted by atomic mass is 10.0. The first-order valence-corrected chi connectivity index (χ1v) is 4.88. The molecule has 0 fully saturated rings. The van der Waals surface area contributed by atoms with Crippen LogP contribution in [-0.2, 0) is 11.2 Å². The molecule has 1 aromatic carbocycles. The zero-order valence-corrected chi connectivity index (χ0v) is 8.58. The number of nitrogens with one attached hydrogen (secondary N) is 1. The van der Waals surface area contributed by atoms with Gasteiger partial charge in [0.1, 0.15) is 0 Å². The molecule has 1 amide bonds. The van der Waals surface area contributed by atoms with Crippen molar-refractivity contribution in [3.63, 3.8) is 0 Å². The van der Waals surface area contributed by atoms with E-state index in [-0.39, 0.29) is 5.91 Å². The summed E-state index contributed by atoms with van der Waals surface area (Å²) in [5.74, 6) is -0.262. The van der Waals surface area contributed by atoms with Crippen molar-refractivity contribution in [2.75, 3.05) is 0 Å². The van der Waals surface area contributed by atoms with Gasteiger partial charge < -0.3 is 5.73 Å². The van der Waals surface area contributed by atoms with Gasteiger partial charge in [-0.25, -0.2) is 0 Å². The maximum Gasteiger partial charge on any atom is 0.217 e. The van der Waals surface area contributed by atoms with Gasteiger partial charge in [0, 0.05) is 11.8 Å². The summed E-state index contributed by atoms with van der Waals surface area (Å²) in [6, 6.07) is 4.09. The van der Waals surface area contributed by atoms with Crippen LogP contribution in [0, 0.1) is 6.92 Å². The number of aromatic nitrogens is 2. The average molecular weight is 203 g/mol. The molecule has 2 aromatic rings. The van der Waals surface area contributed by atoms with Gasteiger partial charge in [-0.05, 0) is 36.6 Å². The third kappa shape index (κ3) is 1.98. The van der Waals surface area contributed by atoms with Crippen LogP contribution in [0.4, 0.5) is 0 Å². The lowest BCUT2D eigenvalue weighted by Gasteiger charge is -2.04. The van der Waals surface area contributed by atoms with E-state index in [0.717, 1.165) is 22.0 Å². The largest absolute Gasteiger partial charge is 0.370 e. The molecule has 0 bridgehead atoms. The van der Waals surface area contributed by atoms with Crippen molar-refractivity contribution >= 4 is 16.8 Å². The van der Waals surface area contributed by atoms with Gasteiger partial charge >= 0.3 is 0 Å². The number of fused-ring (bicyclic) bond motifs is 1. The molecule has 0 spiro atoms. The Labute approximate surface area is 87.5 Å². The highest BCUT2D eigenvalue weighted by Gasteiger charge is 2.04. The molecule has 3 N–H and O–H groups in total. The lowest BCUT2D eigenvalue weighted by molar-refractivity contribution is -0.117. The molecule has 78 valence electrons. The predicted molar refractivity (Wildman–Crippen MR) is 58.3 cm³/mol. The predicted octanol–water partition coefficient (Wildman–Crippen LogP) is 1.29. The molecule has 15 heavy (non-hydrogen) atoms. The number of carbonyl (C=O) groups is 1. The van der Waals surface area contributed by atoms with Crippen molar-refractivity contribution < 1.29 is 4.79 Å². The van der Waals surface area contributed by atoms with Crippen LogP contribution in [0.5, 0.6) is 0 Å². The van der Waals surface area contributed by atoms with Gasteiger partial charge in [-0.2, -0.15) is 5.10 Å². The highest BCUT2D eigenvalue weighted by molar-refractivity contribution is 5.80. The highest BCUT2D eigenvalue weighted by atomic mass is 16.1. The van der Waals surface area contributed by atoms with Gasteiger partial charge in [0.05, 0.1) is 11.7 Å². The molecule has 1 heterocycles. The number of nitrogens with two attached hydrogens (primary N) is 1. The summed E-state index contributed by atoms with van der Waals surface area (Å²) in [6.45, 7) is 2.02. The summed E-state index contributed by atoms with van der Waals surface area (Å²) in [5, 5.41) is 7.94. The monoisotopic (exact) mass is 203 g/mol. The van der Waals surface area contributed by atoms with Crippen LogP contribution in [0.25, 0.3) is 10.9 Å². The SMILES string of the molecule is Cc1cc2[nH]ncc2cc1CCC(N)=O. The zero-order chi connectivity index (χ0) is 10.8. The summed E-state index contributed by atoms with van der Waals surface area (Å²) in [6.07, 6.45) is 2.87. The molecule has 0 atom stereocenters. The van der Waals surface area contributed by atoms with Gasteiger partial charge in [-0.15, -0.1) is 0 Å². The molecular formula is C11H13N3O. The van der Waals surface area contributed by atoms with Crippen LogP contribution in [-0.4, -0.2) is 16.1 Å². The maximum atomic E-state index is 10.7. The van der Waals surface area contributed by atoms with E-state index < -0.39 is 0 Å². The fourth-order valence-electron chi connectivity index (χ4n) is 1.67. The Bertz CT molecular complexity index is 502. The molecule has 0 aliphatic heterocycles. The van der Waals surface area contributed by atoms with Crippen LogP contribution in [0.15, 0.2) is 18.3 Å². The van der Waals surface area contributed by atoms with Gasteiger partial charge in [0.2, 0.25) is 5.91 Å². The standard InChI is InChI=1S/C11H13N3O/c1-7-4-10-9(6-13-14-10)5-8(7)2-3-11(12)15/h4-6H,2-3H2,1H3,(H2,12,15)(H,13,14). The Morgan fingerprint density at radius 2 is 2.33 bits per heavy atom. The molecule has 1 aromatic heterocycles. The van der Waals surface area contributed by atoms with Crippen LogP contribution in [0.3, 0.4) is 0 Å². The first-order valence-electron chi connectivity index (χ1n) is 4.88. The van der Waals surface area contributed by atoms with Crippen molar-refractivity contribution in [1.29, 1.82) is 0 Å². The Hall–Kier alpha value is -1.84. The summed E-state index contributed by atoms with van der Waals surface area (Å²) in [5.41, 5.74) is 8.46. The molecule has 0 aliphatic carbocycles. The average Bonchev–Trinajstić information content (AvgIpc) is 2.60. The molecule has 0 saturated carbocycles. The van der Waals surface area contributed by atoms with Crippen molar-refractivity contribution in [1.82, 2.24) is 10.2 Å². The molecule has 0 saturated heterocycles. The smallest absolute Gasteiger partial charge is 0.217 e. The summed E-state index contributed by atoms with van der Waals surface area (Å²) in [7, 11) is 0. The third-order valence-corrected chi connectivity index (χ3v) is 2.54. The number of rotatable bonds is 3. The first-order chi connectivity index (χ1) is 7.16. The number of amides is 1. The molecule has 0 aliphatic rings. The number of hydrogen-bond acceptors (Lipinski definition) is 2. The van der Waals surface area contributed by atoms with E-state index >= 15 is 0 Å². The molecule has 0 radical (unpaired) electrons. The minimum Gasteiger partial charge on any atom is -0.370 e. The van der Waals surface area contributed by atoms with Crippen molar-refractivity contribution in [2.45, 2.75) is 19.8 Å². The molecule has 2 rings (SSSR count). The number of primary amides is 1. The van der Waals surface area contributed by atoms with Crippen molar-refractivity contribution in [2.24, 2.45) is 5.73 Å². The number of H-pyrrole nitrogens is 1. The first kappa shape index (κ1) is 9.71. The lowest BCUT2D eigenvalue weighted by Crippen LogP contribution is -2.11. The van der Waals surface area contributed by atoms with Crippen molar-refractivity contribution in [3.8, 4) is 0 Å². The van der Waals surface area contributed by atoms with E-state index in [9.17, 15) is 4.79 Å². The van der Waals surface area contributed by atoms with E-state index in [1.807, 2.05) is 13.0 Å². The van der Waals surface area contributed by atoms with E-state index in [0.29, 0.717) is 12.8 Å². The van der Waals surface area contributed by atoms with E-state index in [2.05, 4.69) is 16.3 Å². The topological polar surface area (TPSA) is 71.8 Å². The maximum absolute atomic E-state index is 10.7. The second kappa shape index (κ2) is 3.73. The minimum atomic E-state index is -0.262. The fraction of sp³-hybridized carbons (Fsp3) is 0.273. The van der Waals surface area contributed by atoms with Gasteiger partial charge in [-0.1, -0.05) is 0 Å². The highest BCUT2D eigenvalue weighted by Crippen LogP contribution is 2.18. The molecular weight excluding hydrogens is 190 g/mol. The number of nitrogens with zero attached hydrogens (tertiary/aromatic N) is 1. The fourth-order valence-corrected chi connectivity index (χ4v) is 1.67. The molecule has 0 unspecified atom stereocenters. The Balaban J connectivity index is 2.33. The van der Waals surface area contributed by atoms with Gasteiger partial charge in [0.25, 0.3) is 0 Å². The van der Waals surface area contributed by atoms with Crippen LogP contribution < -0.4 is 5.73 Å². The van der Waals surface area contributed by atoms with Crippen LogP contribution in [0.2, 0.25) is 0 Å². The minimum absolute atomic E-state index is 0.262. The Morgan fingerprint density at radius 3 is 3.07 bits per heavy atom. The quantitative estimate of drug-likeness (QED) is 0.789. The normalized spacial score (nSPS) is 10.7. The Morgan fingerprint density at radius 1 is 1.53 bits per heavy atom. The second-order valence-electron chi connectivity index (χ2n) is 3.70. The van der Waals surface area contributed by atoms with E-state index in [1.54, 1.807) is 6.20 Å². The van der Waals surface area contributed by atoms with Gasteiger partial charge in [-0.3, -0.25) is 9.89 Å². The summed E-state index contributed by atoms with van der Waals surface area (Å²) < 4.78 is 0. The van der Waals surface area contributed by atoms with Crippen LogP contribution in [0.1, 0.15) is 17.5 Å². The number of carbonyl (C=O) groups excluding carboxylic acids is 1. The van der Waals surface area contributed by atoms with Crippen LogP contribution >= 0.6 is 0 Å². The summed E-state index contributed by atoms with van der Waals surface area (Å²) in [4.78, 5) is 10.7. The number of aryl methyl sites for hydroxylation is 2. The summed E-state index contributed by atoms with van der Waals surface area (Å²) >= 11 is 0. The Kier molecular flexibility index (Phi) is 2.41. The second-order valence-corrected chi connectivity index (χ2v) is 3.70. The number of benzene rings is 1. The number of aromatic amines is 1.